The van der Waals surface area contributed by atoms with Gasteiger partial charge < -0.3 is 4.74 Å². The monoisotopic (exact) mass is 267 g/mol. The van der Waals surface area contributed by atoms with Crippen molar-refractivity contribution < 1.29 is 9.53 Å². The Morgan fingerprint density at radius 3 is 2.56 bits per heavy atom. The van der Waals surface area contributed by atoms with Crippen LogP contribution in [0.5, 0.6) is 0 Å². The van der Waals surface area contributed by atoms with Gasteiger partial charge in [0.1, 0.15) is 0 Å². The highest BCUT2D eigenvalue weighted by Crippen LogP contribution is 2.24. The highest BCUT2D eigenvalue weighted by atomic mass is 32.2. The maximum Gasteiger partial charge on any atom is 0.309 e. The van der Waals surface area contributed by atoms with Crippen molar-refractivity contribution in [3.63, 3.8) is 0 Å². The third kappa shape index (κ3) is 4.33. The summed E-state index contributed by atoms with van der Waals surface area (Å²) >= 11 is 1.58. The van der Waals surface area contributed by atoms with E-state index in [4.69, 9.17) is 4.74 Å². The Labute approximate surface area is 113 Å². The molecule has 0 fully saturated rings. The number of esters is 1. The van der Waals surface area contributed by atoms with Gasteiger partial charge in [-0.25, -0.2) is 4.98 Å². The summed E-state index contributed by atoms with van der Waals surface area (Å²) in [7, 11) is 1.42. The van der Waals surface area contributed by atoms with Gasteiger partial charge in [-0.2, -0.15) is 0 Å². The van der Waals surface area contributed by atoms with Crippen molar-refractivity contribution in [2.75, 3.05) is 12.9 Å². The van der Waals surface area contributed by atoms with Crippen molar-refractivity contribution in [3.05, 3.63) is 23.9 Å². The lowest BCUT2D eigenvalue weighted by Crippen LogP contribution is -2.15. The summed E-state index contributed by atoms with van der Waals surface area (Å²) in [5.74, 6) is 0.409. The lowest BCUT2D eigenvalue weighted by atomic mass is 9.88. The number of carbonyl (C=O) groups excluding carboxylic acids is 1. The molecule has 0 saturated heterocycles. The predicted octanol–water partition coefficient (Wildman–Crippen LogP) is 3.28. The molecule has 0 spiro atoms. The summed E-state index contributed by atoms with van der Waals surface area (Å²) in [6.45, 7) is 8.35. The van der Waals surface area contributed by atoms with Crippen LogP contribution in [0.15, 0.2) is 23.4 Å². The number of ether oxygens (including phenoxy) is 1. The van der Waals surface area contributed by atoms with E-state index in [1.807, 2.05) is 19.2 Å². The van der Waals surface area contributed by atoms with Crippen LogP contribution in [-0.4, -0.2) is 23.8 Å². The first kappa shape index (κ1) is 15.0. The molecule has 1 aromatic heterocycles. The standard InChI is InChI=1S/C14H21NO2S/c1-10(13(16)17-5)9-18-12-7-6-11(8-15-12)14(2,3)4/h6-8,10H,9H2,1-5H3. The van der Waals surface area contributed by atoms with Gasteiger partial charge in [0.2, 0.25) is 0 Å². The van der Waals surface area contributed by atoms with Gasteiger partial charge in [-0.15, -0.1) is 11.8 Å². The summed E-state index contributed by atoms with van der Waals surface area (Å²) in [5.41, 5.74) is 1.34. The first-order valence-electron chi connectivity index (χ1n) is 6.01. The minimum atomic E-state index is -0.172. The minimum Gasteiger partial charge on any atom is -0.469 e. The van der Waals surface area contributed by atoms with Crippen molar-refractivity contribution in [1.82, 2.24) is 4.98 Å². The van der Waals surface area contributed by atoms with Crippen LogP contribution in [0, 0.1) is 5.92 Å². The Morgan fingerprint density at radius 2 is 2.11 bits per heavy atom. The van der Waals surface area contributed by atoms with E-state index in [9.17, 15) is 4.79 Å². The molecule has 0 aliphatic rings. The second-order valence-corrected chi connectivity index (χ2v) is 6.41. The molecule has 1 heterocycles. The van der Waals surface area contributed by atoms with Crippen LogP contribution in [0.4, 0.5) is 0 Å². The van der Waals surface area contributed by atoms with Crippen molar-refractivity contribution in [2.24, 2.45) is 5.92 Å². The lowest BCUT2D eigenvalue weighted by molar-refractivity contribution is -0.143. The number of pyridine rings is 1. The molecule has 1 aromatic rings. The Hall–Kier alpha value is -1.03. The molecule has 0 saturated carbocycles. The number of methoxy groups -OCH3 is 1. The minimum absolute atomic E-state index is 0.107. The Bertz CT molecular complexity index is 395. The number of hydrogen-bond acceptors (Lipinski definition) is 4. The van der Waals surface area contributed by atoms with E-state index in [0.717, 1.165) is 5.03 Å². The summed E-state index contributed by atoms with van der Waals surface area (Å²) in [6.07, 6.45) is 1.91. The van der Waals surface area contributed by atoms with Gasteiger partial charge in [-0.05, 0) is 17.0 Å². The van der Waals surface area contributed by atoms with Crippen molar-refractivity contribution in [2.45, 2.75) is 38.1 Å². The van der Waals surface area contributed by atoms with Crippen LogP contribution < -0.4 is 0 Å². The Kier molecular flexibility index (Phi) is 5.20. The Morgan fingerprint density at radius 1 is 1.44 bits per heavy atom. The molecule has 0 N–H and O–H groups in total. The second kappa shape index (κ2) is 6.23. The van der Waals surface area contributed by atoms with Crippen LogP contribution >= 0.6 is 11.8 Å². The zero-order valence-electron chi connectivity index (χ0n) is 11.7. The number of nitrogens with zero attached hydrogens (tertiary/aromatic N) is 1. The molecule has 100 valence electrons. The number of hydrogen-bond donors (Lipinski definition) is 0. The zero-order chi connectivity index (χ0) is 13.8. The van der Waals surface area contributed by atoms with Gasteiger partial charge in [0.15, 0.2) is 0 Å². The van der Waals surface area contributed by atoms with Gasteiger partial charge in [-0.1, -0.05) is 33.8 Å². The van der Waals surface area contributed by atoms with Crippen molar-refractivity contribution in [1.29, 1.82) is 0 Å². The topological polar surface area (TPSA) is 39.2 Å². The largest absolute Gasteiger partial charge is 0.469 e. The molecule has 1 unspecified atom stereocenters. The van der Waals surface area contributed by atoms with E-state index in [-0.39, 0.29) is 17.3 Å². The fraction of sp³-hybridized carbons (Fsp3) is 0.571. The molecular formula is C14H21NO2S. The fourth-order valence-electron chi connectivity index (χ4n) is 1.39. The molecule has 0 bridgehead atoms. The molecule has 1 atom stereocenters. The molecular weight excluding hydrogens is 246 g/mol. The molecule has 0 aliphatic heterocycles. The van der Waals surface area contributed by atoms with E-state index in [0.29, 0.717) is 5.75 Å². The molecule has 4 heteroatoms. The first-order valence-corrected chi connectivity index (χ1v) is 7.00. The predicted molar refractivity (Wildman–Crippen MR) is 74.8 cm³/mol. The van der Waals surface area contributed by atoms with Gasteiger partial charge in [-0.3, -0.25) is 4.79 Å². The average molecular weight is 267 g/mol. The van der Waals surface area contributed by atoms with E-state index in [2.05, 4.69) is 31.8 Å². The number of carbonyl (C=O) groups is 1. The van der Waals surface area contributed by atoms with E-state index < -0.39 is 0 Å². The van der Waals surface area contributed by atoms with Crippen LogP contribution in [-0.2, 0) is 14.9 Å². The third-order valence-electron chi connectivity index (χ3n) is 2.69. The number of thioether (sulfide) groups is 1. The summed E-state index contributed by atoms with van der Waals surface area (Å²) in [4.78, 5) is 15.7. The molecule has 3 nitrogen and oxygen atoms in total. The average Bonchev–Trinajstić information content (AvgIpc) is 2.34. The molecule has 0 aromatic carbocycles. The summed E-state index contributed by atoms with van der Waals surface area (Å²) in [5, 5.41) is 0.943. The van der Waals surface area contributed by atoms with Gasteiger partial charge in [0.05, 0.1) is 18.1 Å². The summed E-state index contributed by atoms with van der Waals surface area (Å²) in [6, 6.07) is 4.10. The fourth-order valence-corrected chi connectivity index (χ4v) is 2.24. The Balaban J connectivity index is 2.57. The first-order chi connectivity index (χ1) is 8.34. The SMILES string of the molecule is COC(=O)C(C)CSc1ccc(C(C)(C)C)cn1. The summed E-state index contributed by atoms with van der Waals surface area (Å²) < 4.78 is 4.69. The molecule has 18 heavy (non-hydrogen) atoms. The number of aromatic nitrogens is 1. The third-order valence-corrected chi connectivity index (χ3v) is 3.89. The van der Waals surface area contributed by atoms with Crippen LogP contribution in [0.1, 0.15) is 33.3 Å². The van der Waals surface area contributed by atoms with Crippen molar-refractivity contribution in [3.8, 4) is 0 Å². The maximum atomic E-state index is 11.3. The van der Waals surface area contributed by atoms with Crippen LogP contribution in [0.3, 0.4) is 0 Å². The van der Waals surface area contributed by atoms with E-state index in [1.54, 1.807) is 11.8 Å². The molecule has 0 radical (unpaired) electrons. The van der Waals surface area contributed by atoms with Gasteiger partial charge in [0.25, 0.3) is 0 Å². The zero-order valence-corrected chi connectivity index (χ0v) is 12.5. The van der Waals surface area contributed by atoms with Crippen molar-refractivity contribution >= 4 is 17.7 Å². The van der Waals surface area contributed by atoms with E-state index >= 15 is 0 Å². The van der Waals surface area contributed by atoms with Crippen LogP contribution in [0.25, 0.3) is 0 Å². The quantitative estimate of drug-likeness (QED) is 0.620. The lowest BCUT2D eigenvalue weighted by Gasteiger charge is -2.18. The molecule has 1 rings (SSSR count). The molecule has 0 amide bonds. The van der Waals surface area contributed by atoms with E-state index in [1.165, 1.54) is 12.7 Å². The highest BCUT2D eigenvalue weighted by Gasteiger charge is 2.15. The smallest absolute Gasteiger partial charge is 0.309 e. The van der Waals surface area contributed by atoms with Gasteiger partial charge in [0, 0.05) is 11.9 Å². The molecule has 0 aliphatic carbocycles. The maximum absolute atomic E-state index is 11.3. The second-order valence-electron chi connectivity index (χ2n) is 5.37. The normalized spacial score (nSPS) is 13.2. The van der Waals surface area contributed by atoms with Gasteiger partial charge >= 0.3 is 5.97 Å². The highest BCUT2D eigenvalue weighted by molar-refractivity contribution is 7.99. The van der Waals surface area contributed by atoms with Crippen LogP contribution in [0.2, 0.25) is 0 Å². The number of rotatable bonds is 4.